The van der Waals surface area contributed by atoms with E-state index in [9.17, 15) is 2.74 Å². The average Bonchev–Trinajstić information content (AvgIpc) is 3.65. The van der Waals surface area contributed by atoms with Gasteiger partial charge in [-0.25, -0.2) is 15.0 Å². The first-order valence-corrected chi connectivity index (χ1v) is 16.6. The molecule has 0 aliphatic heterocycles. The van der Waals surface area contributed by atoms with Crippen LogP contribution in [0, 0.1) is 0 Å². The zero-order chi connectivity index (χ0) is 40.7. The molecule has 10 rings (SSSR count). The molecule has 0 fully saturated rings. The Morgan fingerprint density at radius 1 is 0.392 bits per heavy atom. The van der Waals surface area contributed by atoms with Gasteiger partial charge in [0.05, 0.1) is 27.7 Å². The highest BCUT2D eigenvalue weighted by Gasteiger charge is 2.21. The molecule has 0 bridgehead atoms. The Balaban J connectivity index is 1.37. The summed E-state index contributed by atoms with van der Waals surface area (Å²) in [6.45, 7) is 0. The quantitative estimate of drug-likeness (QED) is 0.173. The summed E-state index contributed by atoms with van der Waals surface area (Å²) >= 11 is 0. The summed E-state index contributed by atoms with van der Waals surface area (Å²) in [4.78, 5) is 15.4. The van der Waals surface area contributed by atoms with Crippen LogP contribution in [-0.2, 0) is 0 Å². The Bertz CT molecular complexity index is 3290. The molecule has 0 spiro atoms. The Labute approximate surface area is 306 Å². The van der Waals surface area contributed by atoms with Crippen LogP contribution < -0.4 is 0 Å². The zero-order valence-corrected chi connectivity index (χ0v) is 27.0. The third-order valence-electron chi connectivity index (χ3n) is 9.30. The summed E-state index contributed by atoms with van der Waals surface area (Å²) in [5, 5.41) is 4.03. The van der Waals surface area contributed by atoms with E-state index in [1.165, 1.54) is 4.57 Å². The Hall–Kier alpha value is -6.91. The third kappa shape index (κ3) is 4.88. The fraction of sp³-hybridized carbons (Fsp3) is 0. The normalized spacial score (nSPS) is 13.7. The minimum Gasteiger partial charge on any atom is -0.308 e. The maximum Gasteiger partial charge on any atom is 0.166 e. The van der Waals surface area contributed by atoms with E-state index in [1.807, 2.05) is 109 Å². The monoisotopic (exact) mass is 658 g/mol. The number of benzene rings is 8. The van der Waals surface area contributed by atoms with Crippen LogP contribution in [0.3, 0.4) is 0 Å². The summed E-state index contributed by atoms with van der Waals surface area (Å²) in [5.74, 6) is 1.05. The molecular weight excluding hydrogens is 621 g/mol. The molecule has 10 aromatic rings. The Kier molecular flexibility index (Phi) is 5.12. The van der Waals surface area contributed by atoms with Crippen LogP contribution in [0.4, 0.5) is 0 Å². The third-order valence-corrected chi connectivity index (χ3v) is 9.30. The van der Waals surface area contributed by atoms with Crippen molar-refractivity contribution < 1.29 is 11.0 Å². The van der Waals surface area contributed by atoms with Gasteiger partial charge in [0.15, 0.2) is 17.5 Å². The molecule has 51 heavy (non-hydrogen) atoms. The lowest BCUT2D eigenvalue weighted by Crippen LogP contribution is -2.04. The summed E-state index contributed by atoms with van der Waals surface area (Å²) < 4.78 is 72.8. The molecule has 0 N–H and O–H groups in total. The summed E-state index contributed by atoms with van der Waals surface area (Å²) in [5.41, 5.74) is 3.92. The van der Waals surface area contributed by atoms with Gasteiger partial charge in [0, 0.05) is 27.5 Å². The maximum absolute atomic E-state index is 9.26. The molecule has 4 nitrogen and oxygen atoms in total. The van der Waals surface area contributed by atoms with E-state index in [-0.39, 0.29) is 27.6 Å². The molecule has 2 aromatic heterocycles. The number of hydrogen-bond acceptors (Lipinski definition) is 3. The van der Waals surface area contributed by atoms with E-state index in [0.29, 0.717) is 22.9 Å². The van der Waals surface area contributed by atoms with E-state index in [4.69, 9.17) is 23.2 Å². The van der Waals surface area contributed by atoms with Crippen LogP contribution in [0.5, 0.6) is 0 Å². The predicted molar refractivity (Wildman–Crippen MR) is 211 cm³/mol. The zero-order valence-electron chi connectivity index (χ0n) is 35.0. The second-order valence-electron chi connectivity index (χ2n) is 12.2. The lowest BCUT2D eigenvalue weighted by molar-refractivity contribution is 1.07. The van der Waals surface area contributed by atoms with Crippen molar-refractivity contribution >= 4 is 43.4 Å². The van der Waals surface area contributed by atoms with Gasteiger partial charge in [-0.15, -0.1) is 0 Å². The lowest BCUT2D eigenvalue weighted by atomic mass is 9.96. The first kappa shape index (κ1) is 21.9. The van der Waals surface area contributed by atoms with Crippen molar-refractivity contribution in [2.45, 2.75) is 0 Å². The number of aromatic nitrogens is 4. The minimum atomic E-state index is -0.510. The number of rotatable bonds is 5. The fourth-order valence-electron chi connectivity index (χ4n) is 6.95. The molecule has 238 valence electrons. The van der Waals surface area contributed by atoms with Gasteiger partial charge in [0.1, 0.15) is 0 Å². The van der Waals surface area contributed by atoms with Gasteiger partial charge in [-0.05, 0) is 63.0 Å². The second kappa shape index (κ2) is 11.9. The molecule has 0 saturated carbocycles. The van der Waals surface area contributed by atoms with E-state index >= 15 is 0 Å². The van der Waals surface area contributed by atoms with Gasteiger partial charge in [0.2, 0.25) is 0 Å². The fourth-order valence-corrected chi connectivity index (χ4v) is 6.95. The van der Waals surface area contributed by atoms with Crippen molar-refractivity contribution in [3.8, 4) is 51.0 Å². The van der Waals surface area contributed by atoms with Crippen molar-refractivity contribution in [1.82, 2.24) is 19.5 Å². The molecule has 0 aliphatic carbocycles. The molecule has 0 radical (unpaired) electrons. The topological polar surface area (TPSA) is 43.6 Å². The van der Waals surface area contributed by atoms with Gasteiger partial charge in [-0.1, -0.05) is 152 Å². The first-order chi connectivity index (χ1) is 28.6. The second-order valence-corrected chi connectivity index (χ2v) is 12.2. The summed E-state index contributed by atoms with van der Waals surface area (Å²) in [6, 6.07) is 39.5. The van der Waals surface area contributed by atoms with Crippen molar-refractivity contribution in [2.75, 3.05) is 0 Å². The van der Waals surface area contributed by atoms with E-state index < -0.39 is 48.3 Å². The molecule has 0 atom stereocenters. The summed E-state index contributed by atoms with van der Waals surface area (Å²) in [7, 11) is 0. The Morgan fingerprint density at radius 2 is 0.941 bits per heavy atom. The highest BCUT2D eigenvalue weighted by Crippen LogP contribution is 2.39. The minimum absolute atomic E-state index is 0.00236. The first-order valence-electron chi connectivity index (χ1n) is 20.6. The van der Waals surface area contributed by atoms with Crippen LogP contribution in [0.15, 0.2) is 182 Å². The van der Waals surface area contributed by atoms with E-state index in [1.54, 1.807) is 0 Å². The molecule has 0 saturated heterocycles. The van der Waals surface area contributed by atoms with Gasteiger partial charge in [0.25, 0.3) is 0 Å². The largest absolute Gasteiger partial charge is 0.308 e. The van der Waals surface area contributed by atoms with Crippen LogP contribution in [0.2, 0.25) is 0 Å². The van der Waals surface area contributed by atoms with Gasteiger partial charge in [-0.3, -0.25) is 0 Å². The van der Waals surface area contributed by atoms with Gasteiger partial charge >= 0.3 is 0 Å². The molecule has 0 unspecified atom stereocenters. The van der Waals surface area contributed by atoms with Crippen LogP contribution in [0.1, 0.15) is 11.0 Å². The summed E-state index contributed by atoms with van der Waals surface area (Å²) in [6.07, 6.45) is 0. The highest BCUT2D eigenvalue weighted by molar-refractivity contribution is 6.13. The van der Waals surface area contributed by atoms with Gasteiger partial charge in [-0.2, -0.15) is 0 Å². The molecule has 2 heterocycles. The van der Waals surface area contributed by atoms with Crippen molar-refractivity contribution in [3.63, 3.8) is 0 Å². The van der Waals surface area contributed by atoms with Crippen LogP contribution in [0.25, 0.3) is 94.3 Å². The van der Waals surface area contributed by atoms with Crippen molar-refractivity contribution in [2.24, 2.45) is 0 Å². The number of para-hydroxylation sites is 2. The smallest absolute Gasteiger partial charge is 0.166 e. The average molecular weight is 659 g/mol. The number of nitrogens with zero attached hydrogens (tertiary/aromatic N) is 4. The predicted octanol–water partition coefficient (Wildman–Crippen LogP) is 11.9. The van der Waals surface area contributed by atoms with Crippen molar-refractivity contribution in [1.29, 1.82) is 0 Å². The Morgan fingerprint density at radius 3 is 1.65 bits per heavy atom. The number of hydrogen-bond donors (Lipinski definition) is 0. The molecule has 8 aromatic carbocycles. The molecule has 0 amide bonds. The molecule has 4 heteroatoms. The molecule has 0 aliphatic rings. The van der Waals surface area contributed by atoms with E-state index in [2.05, 4.69) is 24.3 Å². The standard InChI is InChI=1S/C47H30N4/c1-3-15-31(16-4-1)33-27-28-40(44(30-33)51-42-25-13-11-23-38(42)39-24-12-14-26-43(39)51)46-48-45(32-17-5-2-6-18-32)49-47(50-46)41-29-34-19-7-8-20-35(34)36-21-9-10-22-37(36)41/h1-30H/i11D,12D,13D,14D,23D,24D,25D,26D. The van der Waals surface area contributed by atoms with Gasteiger partial charge < -0.3 is 4.57 Å². The van der Waals surface area contributed by atoms with E-state index in [0.717, 1.165) is 43.8 Å². The van der Waals surface area contributed by atoms with Crippen molar-refractivity contribution in [3.05, 3.63) is 182 Å². The SMILES string of the molecule is [2H]c1c([2H])c([2H])c2c(c1[2H])c1c([2H])c([2H])c([2H])c([2H])c1n2-c1cc(-c2ccccc2)ccc1-c1nc(-c2ccccc2)nc(-c2cc3ccccc3c3ccccc23)n1. The lowest BCUT2D eigenvalue weighted by Gasteiger charge is -2.17. The van der Waals surface area contributed by atoms with Crippen LogP contribution in [-0.4, -0.2) is 19.5 Å². The maximum atomic E-state index is 9.26. The highest BCUT2D eigenvalue weighted by atomic mass is 15.1. The van der Waals surface area contributed by atoms with Crippen LogP contribution >= 0.6 is 0 Å². The molecular formula is C47H30N4. The number of fused-ring (bicyclic) bond motifs is 6.